The number of hydrogen-bond donors (Lipinski definition) is 2. The van der Waals surface area contributed by atoms with Gasteiger partial charge in [0.25, 0.3) is 0 Å². The number of thiazole rings is 1. The SMILES string of the molecule is COc1cccc(C(CNC(=O)Nc2ncc(C)s2)N(C)C)c1. The van der Waals surface area contributed by atoms with Crippen molar-refractivity contribution in [3.8, 4) is 5.75 Å². The minimum atomic E-state index is -0.255. The highest BCUT2D eigenvalue weighted by atomic mass is 32.1. The molecule has 2 amide bonds. The molecule has 0 radical (unpaired) electrons. The van der Waals surface area contributed by atoms with Gasteiger partial charge >= 0.3 is 6.03 Å². The molecule has 0 aliphatic carbocycles. The zero-order valence-electron chi connectivity index (χ0n) is 13.8. The molecule has 0 bridgehead atoms. The first-order chi connectivity index (χ1) is 11.0. The number of rotatable bonds is 6. The van der Waals surface area contributed by atoms with Gasteiger partial charge in [0.05, 0.1) is 13.2 Å². The molecule has 124 valence electrons. The number of nitrogens with zero attached hydrogens (tertiary/aromatic N) is 2. The summed E-state index contributed by atoms with van der Waals surface area (Å²) in [5, 5.41) is 6.24. The highest BCUT2D eigenvalue weighted by molar-refractivity contribution is 7.15. The van der Waals surface area contributed by atoms with E-state index in [9.17, 15) is 4.79 Å². The molecule has 1 aromatic heterocycles. The maximum absolute atomic E-state index is 12.0. The average Bonchev–Trinajstić information content (AvgIpc) is 2.92. The van der Waals surface area contributed by atoms with Gasteiger partial charge in [0.15, 0.2) is 5.13 Å². The van der Waals surface area contributed by atoms with Crippen LogP contribution in [0.25, 0.3) is 0 Å². The van der Waals surface area contributed by atoms with E-state index in [-0.39, 0.29) is 12.1 Å². The molecule has 0 aliphatic heterocycles. The molecule has 7 heteroatoms. The van der Waals surface area contributed by atoms with E-state index in [0.717, 1.165) is 16.2 Å². The van der Waals surface area contributed by atoms with E-state index in [1.807, 2.05) is 45.3 Å². The van der Waals surface area contributed by atoms with E-state index in [1.54, 1.807) is 13.3 Å². The number of amides is 2. The molecule has 2 aromatic rings. The summed E-state index contributed by atoms with van der Waals surface area (Å²) in [5.74, 6) is 0.803. The first kappa shape index (κ1) is 17.2. The van der Waals surface area contributed by atoms with Gasteiger partial charge in [-0.05, 0) is 38.7 Å². The van der Waals surface area contributed by atoms with Crippen molar-refractivity contribution in [2.24, 2.45) is 0 Å². The summed E-state index contributed by atoms with van der Waals surface area (Å²) >= 11 is 1.45. The quantitative estimate of drug-likeness (QED) is 0.852. The van der Waals surface area contributed by atoms with Crippen LogP contribution in [0.15, 0.2) is 30.5 Å². The lowest BCUT2D eigenvalue weighted by atomic mass is 10.1. The third-order valence-electron chi connectivity index (χ3n) is 3.40. The molecule has 23 heavy (non-hydrogen) atoms. The Labute approximate surface area is 140 Å². The zero-order chi connectivity index (χ0) is 16.8. The van der Waals surface area contributed by atoms with E-state index in [2.05, 4.69) is 20.5 Å². The highest BCUT2D eigenvalue weighted by Gasteiger charge is 2.16. The molecule has 2 N–H and O–H groups in total. The van der Waals surface area contributed by atoms with Gasteiger partial charge in [-0.15, -0.1) is 11.3 Å². The highest BCUT2D eigenvalue weighted by Crippen LogP contribution is 2.22. The number of aromatic nitrogens is 1. The van der Waals surface area contributed by atoms with Crippen LogP contribution in [0.5, 0.6) is 5.75 Å². The normalized spacial score (nSPS) is 12.0. The zero-order valence-corrected chi connectivity index (χ0v) is 14.6. The number of methoxy groups -OCH3 is 1. The summed E-state index contributed by atoms with van der Waals surface area (Å²) in [6, 6.07) is 7.65. The standard InChI is InChI=1S/C16H22N4O2S/c1-11-9-18-16(23-11)19-15(21)17-10-14(20(2)3)12-6-5-7-13(8-12)22-4/h5-9,14H,10H2,1-4H3,(H2,17,18,19,21). The molecule has 0 spiro atoms. The Hall–Kier alpha value is -2.12. The number of hydrogen-bond acceptors (Lipinski definition) is 5. The van der Waals surface area contributed by atoms with Crippen molar-refractivity contribution < 1.29 is 9.53 Å². The summed E-state index contributed by atoms with van der Waals surface area (Å²) in [4.78, 5) is 19.2. The number of anilines is 1. The van der Waals surface area contributed by atoms with E-state index in [4.69, 9.17) is 4.74 Å². The number of carbonyl (C=O) groups is 1. The fourth-order valence-electron chi connectivity index (χ4n) is 2.19. The summed E-state index contributed by atoms with van der Waals surface area (Å²) in [6.45, 7) is 2.43. The van der Waals surface area contributed by atoms with Crippen molar-refractivity contribution in [1.82, 2.24) is 15.2 Å². The van der Waals surface area contributed by atoms with Gasteiger partial charge in [0, 0.05) is 17.6 Å². The van der Waals surface area contributed by atoms with Gasteiger partial charge in [0.2, 0.25) is 0 Å². The van der Waals surface area contributed by atoms with Crippen molar-refractivity contribution in [2.45, 2.75) is 13.0 Å². The largest absolute Gasteiger partial charge is 0.497 e. The molecule has 1 unspecified atom stereocenters. The van der Waals surface area contributed by atoms with E-state index < -0.39 is 0 Å². The fourth-order valence-corrected chi connectivity index (χ4v) is 2.85. The minimum Gasteiger partial charge on any atom is -0.497 e. The third-order valence-corrected chi connectivity index (χ3v) is 4.23. The number of carbonyl (C=O) groups excluding carboxylic acids is 1. The number of ether oxygens (including phenoxy) is 1. The van der Waals surface area contributed by atoms with Crippen molar-refractivity contribution in [1.29, 1.82) is 0 Å². The molecule has 6 nitrogen and oxygen atoms in total. The Bertz CT molecular complexity index is 657. The fraction of sp³-hybridized carbons (Fsp3) is 0.375. The van der Waals surface area contributed by atoms with Gasteiger partial charge in [-0.3, -0.25) is 5.32 Å². The smallest absolute Gasteiger partial charge is 0.321 e. The monoisotopic (exact) mass is 334 g/mol. The van der Waals surface area contributed by atoms with Gasteiger partial charge in [-0.1, -0.05) is 12.1 Å². The Balaban J connectivity index is 1.98. The van der Waals surface area contributed by atoms with Gasteiger partial charge in [0.1, 0.15) is 5.75 Å². The van der Waals surface area contributed by atoms with Crippen LogP contribution in [0.3, 0.4) is 0 Å². The topological polar surface area (TPSA) is 66.5 Å². The molecular weight excluding hydrogens is 312 g/mol. The van der Waals surface area contributed by atoms with Crippen molar-refractivity contribution in [3.05, 3.63) is 40.9 Å². The second-order valence-electron chi connectivity index (χ2n) is 5.37. The number of urea groups is 1. The molecule has 1 heterocycles. The average molecular weight is 334 g/mol. The maximum atomic E-state index is 12.0. The van der Waals surface area contributed by atoms with Gasteiger partial charge in [-0.2, -0.15) is 0 Å². The Morgan fingerprint density at radius 1 is 1.43 bits per heavy atom. The van der Waals surface area contributed by atoms with Crippen LogP contribution < -0.4 is 15.4 Å². The maximum Gasteiger partial charge on any atom is 0.321 e. The lowest BCUT2D eigenvalue weighted by Crippen LogP contribution is -2.36. The Morgan fingerprint density at radius 2 is 2.22 bits per heavy atom. The molecule has 0 aliphatic rings. The summed E-state index contributed by atoms with van der Waals surface area (Å²) in [6.07, 6.45) is 1.74. The number of nitrogens with one attached hydrogen (secondary N) is 2. The second kappa shape index (κ2) is 7.94. The lowest BCUT2D eigenvalue weighted by molar-refractivity contribution is 0.243. The van der Waals surface area contributed by atoms with E-state index in [1.165, 1.54) is 11.3 Å². The van der Waals surface area contributed by atoms with Gasteiger partial charge in [-0.25, -0.2) is 9.78 Å². The van der Waals surface area contributed by atoms with Gasteiger partial charge < -0.3 is 15.0 Å². The molecule has 2 rings (SSSR count). The van der Waals surface area contributed by atoms with E-state index in [0.29, 0.717) is 11.7 Å². The van der Waals surface area contributed by atoms with Crippen LogP contribution in [-0.2, 0) is 0 Å². The minimum absolute atomic E-state index is 0.0499. The summed E-state index contributed by atoms with van der Waals surface area (Å²) in [5.41, 5.74) is 1.08. The lowest BCUT2D eigenvalue weighted by Gasteiger charge is -2.25. The van der Waals surface area contributed by atoms with Crippen molar-refractivity contribution in [3.63, 3.8) is 0 Å². The molecule has 1 atom stereocenters. The van der Waals surface area contributed by atoms with E-state index >= 15 is 0 Å². The van der Waals surface area contributed by atoms with Crippen molar-refractivity contribution >= 4 is 22.5 Å². The van der Waals surface area contributed by atoms with Crippen LogP contribution in [0.4, 0.5) is 9.93 Å². The summed E-state index contributed by atoms with van der Waals surface area (Å²) < 4.78 is 5.27. The predicted molar refractivity (Wildman–Crippen MR) is 93.3 cm³/mol. The van der Waals surface area contributed by atoms with Crippen LogP contribution >= 0.6 is 11.3 Å². The van der Waals surface area contributed by atoms with Crippen LogP contribution in [0, 0.1) is 6.92 Å². The summed E-state index contributed by atoms with van der Waals surface area (Å²) in [7, 11) is 5.60. The van der Waals surface area contributed by atoms with Crippen LogP contribution in [0.1, 0.15) is 16.5 Å². The van der Waals surface area contributed by atoms with Crippen LogP contribution in [0.2, 0.25) is 0 Å². The molecule has 0 saturated heterocycles. The Kier molecular flexibility index (Phi) is 5.95. The molecule has 0 fully saturated rings. The molecule has 0 saturated carbocycles. The number of likely N-dealkylation sites (N-methyl/N-ethyl adjacent to an activating group) is 1. The molecule has 1 aromatic carbocycles. The number of benzene rings is 1. The molecular formula is C16H22N4O2S. The third kappa shape index (κ3) is 4.94. The van der Waals surface area contributed by atoms with Crippen LogP contribution in [-0.4, -0.2) is 43.7 Å². The predicted octanol–water partition coefficient (Wildman–Crippen LogP) is 2.88. The first-order valence-corrected chi connectivity index (χ1v) is 8.09. The first-order valence-electron chi connectivity index (χ1n) is 7.27. The second-order valence-corrected chi connectivity index (χ2v) is 6.60. The number of aryl methyl sites for hydroxylation is 1. The van der Waals surface area contributed by atoms with Crippen molar-refractivity contribution in [2.75, 3.05) is 33.1 Å². The Morgan fingerprint density at radius 3 is 2.83 bits per heavy atom.